The highest BCUT2D eigenvalue weighted by molar-refractivity contribution is 7.92. The van der Waals surface area contributed by atoms with Gasteiger partial charge in [-0.25, -0.2) is 8.42 Å². The predicted octanol–water partition coefficient (Wildman–Crippen LogP) is 3.69. The highest BCUT2D eigenvalue weighted by Crippen LogP contribution is 2.23. The number of hydrogen-bond donors (Lipinski definition) is 0. The molecule has 31 heavy (non-hydrogen) atoms. The summed E-state index contributed by atoms with van der Waals surface area (Å²) in [5, 5.41) is 0. The number of hydrogen-bond acceptors (Lipinski definition) is 4. The molecule has 3 aromatic rings. The number of nitrogens with zero attached hydrogens (tertiary/aromatic N) is 2. The summed E-state index contributed by atoms with van der Waals surface area (Å²) in [7, 11) is -2.18. The lowest BCUT2D eigenvalue weighted by Crippen LogP contribution is -2.42. The Bertz CT molecular complexity index is 1060. The van der Waals surface area contributed by atoms with E-state index in [4.69, 9.17) is 4.74 Å². The van der Waals surface area contributed by atoms with Crippen LogP contribution in [0.4, 0.5) is 5.69 Å². The summed E-state index contributed by atoms with van der Waals surface area (Å²) in [5.74, 6) is 0.227. The molecule has 0 bridgehead atoms. The molecule has 0 aliphatic carbocycles. The van der Waals surface area contributed by atoms with E-state index in [1.54, 1.807) is 29.2 Å². The fourth-order valence-corrected chi connectivity index (χ4v) is 4.07. The van der Waals surface area contributed by atoms with Crippen LogP contribution in [0.3, 0.4) is 0 Å². The normalized spacial score (nSPS) is 11.0. The Morgan fingerprint density at radius 2 is 1.39 bits per heavy atom. The molecule has 1 amide bonds. The Kier molecular flexibility index (Phi) is 7.31. The average molecular weight is 439 g/mol. The van der Waals surface area contributed by atoms with Gasteiger partial charge in [0, 0.05) is 19.2 Å². The number of amides is 1. The van der Waals surface area contributed by atoms with Gasteiger partial charge in [-0.1, -0.05) is 66.7 Å². The van der Waals surface area contributed by atoms with Crippen LogP contribution in [-0.4, -0.2) is 39.1 Å². The van der Waals surface area contributed by atoms with Gasteiger partial charge >= 0.3 is 0 Å². The Labute approximate surface area is 183 Å². The molecule has 0 aromatic heterocycles. The van der Waals surface area contributed by atoms with Crippen molar-refractivity contribution in [1.29, 1.82) is 0 Å². The summed E-state index contributed by atoms with van der Waals surface area (Å²) in [4.78, 5) is 15.0. The maximum Gasteiger partial charge on any atom is 0.243 e. The van der Waals surface area contributed by atoms with Crippen LogP contribution >= 0.6 is 0 Å². The number of carbonyl (C=O) groups excluding carboxylic acids is 1. The number of sulfonamides is 1. The second-order valence-electron chi connectivity index (χ2n) is 7.19. The minimum atomic E-state index is -3.69. The molecule has 0 saturated heterocycles. The van der Waals surface area contributed by atoms with Crippen LogP contribution in [0.1, 0.15) is 11.1 Å². The first-order valence-corrected chi connectivity index (χ1v) is 11.7. The molecule has 3 rings (SSSR count). The Morgan fingerprint density at radius 3 is 1.87 bits per heavy atom. The quantitative estimate of drug-likeness (QED) is 0.511. The second-order valence-corrected chi connectivity index (χ2v) is 9.10. The van der Waals surface area contributed by atoms with Gasteiger partial charge in [0.05, 0.1) is 19.1 Å². The van der Waals surface area contributed by atoms with Gasteiger partial charge in [-0.3, -0.25) is 9.10 Å². The summed E-state index contributed by atoms with van der Waals surface area (Å²) >= 11 is 0. The second kappa shape index (κ2) is 10.1. The average Bonchev–Trinajstić information content (AvgIpc) is 2.77. The molecule has 0 radical (unpaired) electrons. The number of ether oxygens (including phenoxy) is 1. The van der Waals surface area contributed by atoms with Gasteiger partial charge < -0.3 is 9.64 Å². The molecule has 6 nitrogen and oxygen atoms in total. The van der Waals surface area contributed by atoms with Gasteiger partial charge in [-0.2, -0.15) is 0 Å². The zero-order valence-electron chi connectivity index (χ0n) is 17.6. The Morgan fingerprint density at radius 1 is 0.839 bits per heavy atom. The monoisotopic (exact) mass is 438 g/mol. The molecule has 3 aromatic carbocycles. The summed E-state index contributed by atoms with van der Waals surface area (Å²) in [6.07, 6.45) is 1.10. The first-order chi connectivity index (χ1) is 14.9. The largest absolute Gasteiger partial charge is 0.497 e. The van der Waals surface area contributed by atoms with Crippen molar-refractivity contribution in [1.82, 2.24) is 4.90 Å². The van der Waals surface area contributed by atoms with Gasteiger partial charge in [-0.05, 0) is 23.3 Å². The zero-order chi connectivity index (χ0) is 22.3. The molecule has 0 spiro atoms. The molecule has 0 saturated carbocycles. The third-order valence-electron chi connectivity index (χ3n) is 4.81. The van der Waals surface area contributed by atoms with Crippen LogP contribution in [0, 0.1) is 0 Å². The van der Waals surface area contributed by atoms with Crippen molar-refractivity contribution in [3.8, 4) is 5.75 Å². The van der Waals surface area contributed by atoms with E-state index in [9.17, 15) is 13.2 Å². The van der Waals surface area contributed by atoms with Crippen molar-refractivity contribution in [3.05, 3.63) is 96.1 Å². The van der Waals surface area contributed by atoms with Gasteiger partial charge in [0.2, 0.25) is 15.9 Å². The summed E-state index contributed by atoms with van der Waals surface area (Å²) < 4.78 is 31.4. The molecule has 0 aliphatic rings. The minimum Gasteiger partial charge on any atom is -0.497 e. The minimum absolute atomic E-state index is 0.291. The summed E-state index contributed by atoms with van der Waals surface area (Å²) in [6, 6.07) is 26.0. The molecule has 0 unspecified atom stereocenters. The van der Waals surface area contributed by atoms with E-state index in [1.165, 1.54) is 7.11 Å². The van der Waals surface area contributed by atoms with Gasteiger partial charge in [0.15, 0.2) is 0 Å². The van der Waals surface area contributed by atoms with Crippen LogP contribution in [0.5, 0.6) is 5.75 Å². The highest BCUT2D eigenvalue weighted by Gasteiger charge is 2.25. The molecule has 0 heterocycles. The van der Waals surface area contributed by atoms with Crippen molar-refractivity contribution in [3.63, 3.8) is 0 Å². The third kappa shape index (κ3) is 6.33. The van der Waals surface area contributed by atoms with Crippen molar-refractivity contribution >= 4 is 21.6 Å². The summed E-state index contributed by atoms with van der Waals surface area (Å²) in [6.45, 7) is 0.459. The fourth-order valence-electron chi connectivity index (χ4n) is 3.23. The van der Waals surface area contributed by atoms with E-state index >= 15 is 0 Å². The van der Waals surface area contributed by atoms with Gasteiger partial charge in [0.25, 0.3) is 0 Å². The maximum absolute atomic E-state index is 13.3. The molecule has 7 heteroatoms. The zero-order valence-corrected chi connectivity index (χ0v) is 18.5. The summed E-state index contributed by atoms with van der Waals surface area (Å²) in [5.41, 5.74) is 2.33. The molecule has 0 fully saturated rings. The van der Waals surface area contributed by atoms with Crippen LogP contribution in [0.25, 0.3) is 0 Å². The van der Waals surface area contributed by atoms with E-state index in [0.717, 1.165) is 21.7 Å². The van der Waals surface area contributed by atoms with Gasteiger partial charge in [-0.15, -0.1) is 0 Å². The highest BCUT2D eigenvalue weighted by atomic mass is 32.2. The number of benzene rings is 3. The Hall–Kier alpha value is -3.32. The SMILES string of the molecule is COc1cccc(N(CC(=O)N(Cc2ccccc2)Cc2ccccc2)S(C)(=O)=O)c1. The van der Waals surface area contributed by atoms with E-state index in [2.05, 4.69) is 0 Å². The van der Waals surface area contributed by atoms with Crippen LogP contribution in [-0.2, 0) is 27.9 Å². The van der Waals surface area contributed by atoms with E-state index in [-0.39, 0.29) is 12.5 Å². The number of rotatable bonds is 9. The smallest absolute Gasteiger partial charge is 0.243 e. The van der Waals surface area contributed by atoms with Crippen LogP contribution in [0.15, 0.2) is 84.9 Å². The van der Waals surface area contributed by atoms with Crippen molar-refractivity contribution in [2.24, 2.45) is 0 Å². The van der Waals surface area contributed by atoms with Crippen molar-refractivity contribution < 1.29 is 17.9 Å². The van der Waals surface area contributed by atoms with Crippen molar-refractivity contribution in [2.75, 3.05) is 24.2 Å². The fraction of sp³-hybridized carbons (Fsp3) is 0.208. The van der Waals surface area contributed by atoms with Crippen LogP contribution in [0.2, 0.25) is 0 Å². The first-order valence-electron chi connectivity index (χ1n) is 9.84. The number of anilines is 1. The van der Waals surface area contributed by atoms with E-state index in [1.807, 2.05) is 60.7 Å². The van der Waals surface area contributed by atoms with Gasteiger partial charge in [0.1, 0.15) is 12.3 Å². The van der Waals surface area contributed by atoms with E-state index < -0.39 is 10.0 Å². The number of carbonyl (C=O) groups is 1. The third-order valence-corrected chi connectivity index (χ3v) is 5.95. The molecular formula is C24H26N2O4S. The molecule has 162 valence electrons. The standard InChI is InChI=1S/C24H26N2O4S/c1-30-23-15-9-14-22(16-23)26(31(2,28)29)19-24(27)25(17-20-10-5-3-6-11-20)18-21-12-7-4-8-13-21/h3-16H,17-19H2,1-2H3. The first kappa shape index (κ1) is 22.4. The molecular weight excluding hydrogens is 412 g/mol. The lowest BCUT2D eigenvalue weighted by Gasteiger charge is -2.28. The lowest BCUT2D eigenvalue weighted by molar-refractivity contribution is -0.130. The van der Waals surface area contributed by atoms with Crippen LogP contribution < -0.4 is 9.04 Å². The molecule has 0 atom stereocenters. The van der Waals surface area contributed by atoms with E-state index in [0.29, 0.717) is 24.5 Å². The molecule has 0 N–H and O–H groups in total. The predicted molar refractivity (Wildman–Crippen MR) is 122 cm³/mol. The Balaban J connectivity index is 1.88. The maximum atomic E-state index is 13.3. The topological polar surface area (TPSA) is 66.9 Å². The lowest BCUT2D eigenvalue weighted by atomic mass is 10.1. The number of methoxy groups -OCH3 is 1. The van der Waals surface area contributed by atoms with Crippen molar-refractivity contribution in [2.45, 2.75) is 13.1 Å². The molecule has 0 aliphatic heterocycles.